The molecule has 1 aliphatic carbocycles. The summed E-state index contributed by atoms with van der Waals surface area (Å²) in [6.07, 6.45) is 1.45. The lowest BCUT2D eigenvalue weighted by atomic mass is 9.82. The Hall–Kier alpha value is -1.05. The summed E-state index contributed by atoms with van der Waals surface area (Å²) >= 11 is 5.84. The van der Waals surface area contributed by atoms with Gasteiger partial charge in [0, 0.05) is 18.1 Å². The lowest BCUT2D eigenvalue weighted by Gasteiger charge is -2.48. The predicted molar refractivity (Wildman–Crippen MR) is 70.7 cm³/mol. The summed E-state index contributed by atoms with van der Waals surface area (Å²) in [4.78, 5) is 0. The van der Waals surface area contributed by atoms with Crippen LogP contribution in [0.15, 0.2) is 35.3 Å². The second kappa shape index (κ2) is 5.75. The minimum absolute atomic E-state index is 0.265. The number of rotatable bonds is 2. The molecular weight excluding hydrogens is 288 g/mol. The van der Waals surface area contributed by atoms with Gasteiger partial charge in [-0.1, -0.05) is 23.8 Å². The van der Waals surface area contributed by atoms with Crippen LogP contribution in [0.25, 0.3) is 0 Å². The maximum atomic E-state index is 10.2. The fourth-order valence-corrected chi connectivity index (χ4v) is 2.65. The highest BCUT2D eigenvalue weighted by Gasteiger charge is 2.56. The molecule has 112 valence electrons. The number of hydrogen-bond acceptors (Lipinski definition) is 6. The molecule has 0 radical (unpaired) electrons. The van der Waals surface area contributed by atoms with E-state index in [4.69, 9.17) is 26.2 Å². The first kappa shape index (κ1) is 15.3. The topological polar surface area (TPSA) is 99.4 Å². The van der Waals surface area contributed by atoms with Crippen molar-refractivity contribution in [2.45, 2.75) is 30.5 Å². The van der Waals surface area contributed by atoms with Gasteiger partial charge in [0.05, 0.1) is 0 Å². The van der Waals surface area contributed by atoms with Crippen molar-refractivity contribution in [2.75, 3.05) is 7.11 Å². The third-order valence-corrected chi connectivity index (χ3v) is 3.93. The smallest absolute Gasteiger partial charge is 0.245 e. The molecule has 2 rings (SSSR count). The van der Waals surface area contributed by atoms with Gasteiger partial charge < -0.3 is 29.9 Å². The lowest BCUT2D eigenvalue weighted by Crippen LogP contribution is -2.63. The first-order valence-corrected chi connectivity index (χ1v) is 6.50. The van der Waals surface area contributed by atoms with Gasteiger partial charge in [-0.05, 0) is 12.5 Å². The molecule has 1 saturated heterocycles. The summed E-state index contributed by atoms with van der Waals surface area (Å²) in [5.74, 6) is -2.32. The van der Waals surface area contributed by atoms with Gasteiger partial charge in [-0.2, -0.15) is 0 Å². The second-order valence-electron chi connectivity index (χ2n) is 4.73. The monoisotopic (exact) mass is 304 g/mol. The zero-order valence-corrected chi connectivity index (χ0v) is 11.6. The van der Waals surface area contributed by atoms with Crippen LogP contribution < -0.4 is 0 Å². The highest BCUT2D eigenvalue weighted by molar-refractivity contribution is 6.31. The van der Waals surface area contributed by atoms with E-state index < -0.39 is 30.0 Å². The van der Waals surface area contributed by atoms with Crippen LogP contribution >= 0.6 is 11.6 Å². The van der Waals surface area contributed by atoms with Gasteiger partial charge in [0.1, 0.15) is 24.6 Å². The molecule has 20 heavy (non-hydrogen) atoms. The van der Waals surface area contributed by atoms with Crippen molar-refractivity contribution in [1.82, 2.24) is 0 Å². The van der Waals surface area contributed by atoms with E-state index in [-0.39, 0.29) is 5.76 Å². The van der Waals surface area contributed by atoms with Crippen LogP contribution in [0.3, 0.4) is 0 Å². The highest BCUT2D eigenvalue weighted by Crippen LogP contribution is 2.41. The number of ether oxygens (including phenoxy) is 2. The average Bonchev–Trinajstić information content (AvgIpc) is 2.47. The standard InChI is InChI=1S/C13H17ClO6/c1-19-13(7-2-4-8(14)5-3-7)12(18)11(17)10(16)9(6-15)20-13/h2,4-7,10-12,15-18H,3H2,1H3/b9-6+/t7?,10-,11+,12-,13+/m1/s1. The molecule has 1 fully saturated rings. The van der Waals surface area contributed by atoms with Gasteiger partial charge >= 0.3 is 0 Å². The van der Waals surface area contributed by atoms with E-state index in [1.54, 1.807) is 18.2 Å². The van der Waals surface area contributed by atoms with Gasteiger partial charge in [0.25, 0.3) is 0 Å². The van der Waals surface area contributed by atoms with E-state index >= 15 is 0 Å². The van der Waals surface area contributed by atoms with Crippen molar-refractivity contribution < 1.29 is 29.9 Å². The van der Waals surface area contributed by atoms with Crippen LogP contribution in [0.4, 0.5) is 0 Å². The van der Waals surface area contributed by atoms with Gasteiger partial charge in [-0.15, -0.1) is 0 Å². The van der Waals surface area contributed by atoms with E-state index in [1.807, 2.05) is 0 Å². The molecule has 0 aromatic carbocycles. The third kappa shape index (κ3) is 2.34. The number of halogens is 1. The number of methoxy groups -OCH3 is 1. The van der Waals surface area contributed by atoms with Crippen molar-refractivity contribution in [2.24, 2.45) is 5.92 Å². The molecule has 0 aromatic heterocycles. The first-order chi connectivity index (χ1) is 9.46. The fraction of sp³-hybridized carbons (Fsp3) is 0.538. The van der Waals surface area contributed by atoms with E-state index in [0.29, 0.717) is 17.7 Å². The quantitative estimate of drug-likeness (QED) is 0.556. The Labute approximate surface area is 121 Å². The summed E-state index contributed by atoms with van der Waals surface area (Å²) < 4.78 is 10.7. The van der Waals surface area contributed by atoms with E-state index in [9.17, 15) is 15.3 Å². The summed E-state index contributed by atoms with van der Waals surface area (Å²) in [6.45, 7) is 0. The summed E-state index contributed by atoms with van der Waals surface area (Å²) in [5.41, 5.74) is 0. The summed E-state index contributed by atoms with van der Waals surface area (Å²) in [6, 6.07) is 0. The Kier molecular flexibility index (Phi) is 4.41. The second-order valence-corrected chi connectivity index (χ2v) is 5.17. The molecular formula is C13H17ClO6. The lowest BCUT2D eigenvalue weighted by molar-refractivity contribution is -0.324. The van der Waals surface area contributed by atoms with E-state index in [2.05, 4.69) is 0 Å². The van der Waals surface area contributed by atoms with Gasteiger partial charge in [0.15, 0.2) is 5.76 Å². The maximum absolute atomic E-state index is 10.2. The van der Waals surface area contributed by atoms with Crippen LogP contribution in [0.5, 0.6) is 0 Å². The number of aliphatic hydroxyl groups is 4. The molecule has 7 heteroatoms. The number of hydrogen-bond donors (Lipinski definition) is 4. The molecule has 4 N–H and O–H groups in total. The van der Waals surface area contributed by atoms with E-state index in [1.165, 1.54) is 7.11 Å². The Balaban J connectivity index is 2.36. The minimum atomic E-state index is -1.61. The Bertz CT molecular complexity index is 460. The molecule has 5 atom stereocenters. The first-order valence-electron chi connectivity index (χ1n) is 6.12. The summed E-state index contributed by atoms with van der Waals surface area (Å²) in [5, 5.41) is 39.5. The van der Waals surface area contributed by atoms with Gasteiger partial charge in [-0.25, -0.2) is 0 Å². The molecule has 0 bridgehead atoms. The van der Waals surface area contributed by atoms with Gasteiger partial charge in [-0.3, -0.25) is 0 Å². The van der Waals surface area contributed by atoms with Crippen molar-refractivity contribution in [1.29, 1.82) is 0 Å². The predicted octanol–water partition coefficient (Wildman–Crippen LogP) is 0.540. The number of aliphatic hydroxyl groups excluding tert-OH is 4. The molecule has 6 nitrogen and oxygen atoms in total. The minimum Gasteiger partial charge on any atom is -0.512 e. The zero-order chi connectivity index (χ0) is 14.9. The van der Waals surface area contributed by atoms with Crippen molar-refractivity contribution in [3.05, 3.63) is 35.3 Å². The molecule has 2 aliphatic rings. The normalized spacial score (nSPS) is 43.2. The van der Waals surface area contributed by atoms with Crippen LogP contribution in [-0.2, 0) is 9.47 Å². The molecule has 1 unspecified atom stereocenters. The molecule has 0 saturated carbocycles. The van der Waals surface area contributed by atoms with E-state index in [0.717, 1.165) is 0 Å². The Morgan fingerprint density at radius 1 is 1.45 bits per heavy atom. The average molecular weight is 305 g/mol. The Morgan fingerprint density at radius 2 is 2.15 bits per heavy atom. The largest absolute Gasteiger partial charge is 0.512 e. The highest BCUT2D eigenvalue weighted by atomic mass is 35.5. The van der Waals surface area contributed by atoms with Crippen molar-refractivity contribution in [3.63, 3.8) is 0 Å². The molecule has 0 amide bonds. The molecule has 1 heterocycles. The van der Waals surface area contributed by atoms with Crippen LogP contribution in [0.2, 0.25) is 0 Å². The van der Waals surface area contributed by atoms with Crippen molar-refractivity contribution >= 4 is 11.6 Å². The Morgan fingerprint density at radius 3 is 2.65 bits per heavy atom. The van der Waals surface area contributed by atoms with Gasteiger partial charge in [0.2, 0.25) is 5.79 Å². The SMILES string of the molecule is CO[C@@]1(C2C=CC(Cl)=CC2)O/C(=C/O)[C@@H](O)[C@H](O)[C@H]1O. The zero-order valence-electron chi connectivity index (χ0n) is 10.8. The van der Waals surface area contributed by atoms with Crippen molar-refractivity contribution in [3.8, 4) is 0 Å². The van der Waals surface area contributed by atoms with Crippen LogP contribution in [0.1, 0.15) is 6.42 Å². The molecule has 0 spiro atoms. The molecule has 0 aromatic rings. The maximum Gasteiger partial charge on any atom is 0.245 e. The third-order valence-electron chi connectivity index (χ3n) is 3.65. The summed E-state index contributed by atoms with van der Waals surface area (Å²) in [7, 11) is 1.32. The molecule has 1 aliphatic heterocycles. The van der Waals surface area contributed by atoms with Crippen LogP contribution in [0, 0.1) is 5.92 Å². The van der Waals surface area contributed by atoms with Crippen LogP contribution in [-0.4, -0.2) is 51.6 Å². The fourth-order valence-electron chi connectivity index (χ4n) is 2.49. The number of allylic oxidation sites excluding steroid dienone is 3.